The molecule has 0 radical (unpaired) electrons. The third-order valence-corrected chi connectivity index (χ3v) is 8.63. The Morgan fingerprint density at radius 2 is 2.00 bits per heavy atom. The van der Waals surface area contributed by atoms with Crippen LogP contribution in [0, 0.1) is 23.2 Å². The molecule has 0 spiro atoms. The summed E-state index contributed by atoms with van der Waals surface area (Å²) in [6.45, 7) is 10.7. The number of hydrogen-bond donors (Lipinski definition) is 3. The molecule has 3 heteroatoms. The van der Waals surface area contributed by atoms with Crippen LogP contribution >= 0.6 is 0 Å². The van der Waals surface area contributed by atoms with Crippen molar-refractivity contribution in [2.75, 3.05) is 6.61 Å². The van der Waals surface area contributed by atoms with Crippen LogP contribution < -0.4 is 0 Å². The van der Waals surface area contributed by atoms with Gasteiger partial charge in [0.15, 0.2) is 0 Å². The quantitative estimate of drug-likeness (QED) is 0.498. The van der Waals surface area contributed by atoms with Gasteiger partial charge in [0, 0.05) is 0 Å². The second-order valence-corrected chi connectivity index (χ2v) is 11.1. The van der Waals surface area contributed by atoms with Gasteiger partial charge in [0.25, 0.3) is 0 Å². The molecule has 3 saturated carbocycles. The Morgan fingerprint density at radius 3 is 2.73 bits per heavy atom. The number of aliphatic hydroxyl groups excluding tert-OH is 2. The lowest BCUT2D eigenvalue weighted by Crippen LogP contribution is -2.36. The molecule has 0 aromatic rings. The first-order valence-electron chi connectivity index (χ1n) is 12.3. The standard InChI is InChI=1S/C27H44O3/c1-19-9-12-23(29)17-22(19)11-10-21-8-6-16-27(4)24(13-14-25(21)27)20(2)7-5-15-26(3,30)18-28/h10-11,20,23-25,28-30H,1,5-9,12-18H2,2-4H3/b21-10-,22-11+. The minimum Gasteiger partial charge on any atom is -0.393 e. The van der Waals surface area contributed by atoms with Crippen LogP contribution in [0.25, 0.3) is 0 Å². The number of hydrogen-bond acceptors (Lipinski definition) is 3. The van der Waals surface area contributed by atoms with Crippen LogP contribution in [-0.2, 0) is 0 Å². The number of allylic oxidation sites excluding steroid dienone is 4. The SMILES string of the molecule is C=C1CCC(O)C/C1=C\C=C1\CCCC2(C)C1CCC2C(C)CCCC(C)(O)CO. The van der Waals surface area contributed by atoms with Crippen molar-refractivity contribution in [1.29, 1.82) is 0 Å². The predicted molar refractivity (Wildman–Crippen MR) is 124 cm³/mol. The van der Waals surface area contributed by atoms with Gasteiger partial charge in [-0.05, 0) is 93.5 Å². The predicted octanol–water partition coefficient (Wildman–Crippen LogP) is 5.71. The van der Waals surface area contributed by atoms with E-state index in [2.05, 4.69) is 32.6 Å². The van der Waals surface area contributed by atoms with E-state index >= 15 is 0 Å². The van der Waals surface area contributed by atoms with Crippen molar-refractivity contribution in [2.24, 2.45) is 23.2 Å². The van der Waals surface area contributed by atoms with Gasteiger partial charge < -0.3 is 15.3 Å². The number of rotatable bonds is 7. The molecule has 3 aliphatic rings. The lowest BCUT2D eigenvalue weighted by molar-refractivity contribution is -0.00891. The Morgan fingerprint density at radius 1 is 1.23 bits per heavy atom. The second-order valence-electron chi connectivity index (χ2n) is 11.1. The zero-order chi connectivity index (χ0) is 21.9. The molecule has 0 heterocycles. The summed E-state index contributed by atoms with van der Waals surface area (Å²) in [5.74, 6) is 2.07. The van der Waals surface area contributed by atoms with E-state index in [1.165, 1.54) is 43.3 Å². The highest BCUT2D eigenvalue weighted by Gasteiger charge is 2.50. The fraction of sp³-hybridized carbons (Fsp3) is 0.778. The van der Waals surface area contributed by atoms with Gasteiger partial charge in [-0.15, -0.1) is 0 Å². The first kappa shape index (κ1) is 23.8. The molecule has 0 aromatic carbocycles. The molecule has 6 atom stereocenters. The third kappa shape index (κ3) is 5.29. The fourth-order valence-corrected chi connectivity index (χ4v) is 6.69. The van der Waals surface area contributed by atoms with Crippen LogP contribution in [0.1, 0.15) is 91.4 Å². The number of aliphatic hydroxyl groups is 3. The van der Waals surface area contributed by atoms with Crippen molar-refractivity contribution < 1.29 is 15.3 Å². The molecule has 3 aliphatic carbocycles. The molecule has 30 heavy (non-hydrogen) atoms. The minimum absolute atomic E-state index is 0.155. The second kappa shape index (κ2) is 9.71. The van der Waals surface area contributed by atoms with Gasteiger partial charge in [-0.25, -0.2) is 0 Å². The van der Waals surface area contributed by atoms with Crippen molar-refractivity contribution in [2.45, 2.75) is 103 Å². The van der Waals surface area contributed by atoms with Crippen molar-refractivity contribution in [3.8, 4) is 0 Å². The van der Waals surface area contributed by atoms with Crippen molar-refractivity contribution in [3.63, 3.8) is 0 Å². The highest BCUT2D eigenvalue weighted by Crippen LogP contribution is 2.60. The third-order valence-electron chi connectivity index (χ3n) is 8.63. The molecule has 0 aromatic heterocycles. The van der Waals surface area contributed by atoms with Crippen LogP contribution in [0.4, 0.5) is 0 Å². The van der Waals surface area contributed by atoms with Crippen LogP contribution in [0.3, 0.4) is 0 Å². The summed E-state index contributed by atoms with van der Waals surface area (Å²) >= 11 is 0. The van der Waals surface area contributed by atoms with Gasteiger partial charge in [-0.1, -0.05) is 56.6 Å². The first-order valence-corrected chi connectivity index (χ1v) is 12.3. The van der Waals surface area contributed by atoms with Crippen molar-refractivity contribution >= 4 is 0 Å². The van der Waals surface area contributed by atoms with Crippen LogP contribution in [0.5, 0.6) is 0 Å². The minimum atomic E-state index is -0.938. The summed E-state index contributed by atoms with van der Waals surface area (Å²) in [6.07, 6.45) is 16.1. The maximum atomic E-state index is 10.1. The summed E-state index contributed by atoms with van der Waals surface area (Å²) in [4.78, 5) is 0. The molecule has 3 fully saturated rings. The Bertz CT molecular complexity index is 674. The first-order chi connectivity index (χ1) is 14.2. The highest BCUT2D eigenvalue weighted by molar-refractivity contribution is 5.36. The van der Waals surface area contributed by atoms with Crippen molar-refractivity contribution in [1.82, 2.24) is 0 Å². The normalized spacial score (nSPS) is 37.9. The van der Waals surface area contributed by atoms with E-state index < -0.39 is 5.60 Å². The summed E-state index contributed by atoms with van der Waals surface area (Å²) in [5, 5.41) is 29.4. The molecule has 3 N–H and O–H groups in total. The summed E-state index contributed by atoms with van der Waals surface area (Å²) < 4.78 is 0. The van der Waals surface area contributed by atoms with Crippen molar-refractivity contribution in [3.05, 3.63) is 35.5 Å². The Labute approximate surface area is 184 Å². The van der Waals surface area contributed by atoms with E-state index in [0.717, 1.165) is 38.0 Å². The van der Waals surface area contributed by atoms with Gasteiger partial charge in [0.2, 0.25) is 0 Å². The average molecular weight is 417 g/mol. The van der Waals surface area contributed by atoms with Gasteiger partial charge in [0.05, 0.1) is 18.3 Å². The van der Waals surface area contributed by atoms with E-state index in [0.29, 0.717) is 23.7 Å². The van der Waals surface area contributed by atoms with Gasteiger partial charge >= 0.3 is 0 Å². The van der Waals surface area contributed by atoms with Gasteiger partial charge in [-0.2, -0.15) is 0 Å². The zero-order valence-corrected chi connectivity index (χ0v) is 19.5. The van der Waals surface area contributed by atoms with E-state index in [9.17, 15) is 15.3 Å². The molecule has 0 aliphatic heterocycles. The molecule has 0 saturated heterocycles. The lowest BCUT2D eigenvalue weighted by Gasteiger charge is -2.44. The summed E-state index contributed by atoms with van der Waals surface area (Å²) in [7, 11) is 0. The van der Waals surface area contributed by atoms with Crippen LogP contribution in [-0.4, -0.2) is 33.6 Å². The lowest BCUT2D eigenvalue weighted by atomic mass is 9.60. The Kier molecular flexibility index (Phi) is 7.69. The highest BCUT2D eigenvalue weighted by atomic mass is 16.3. The summed E-state index contributed by atoms with van der Waals surface area (Å²) in [6, 6.07) is 0. The molecular weight excluding hydrogens is 372 g/mol. The van der Waals surface area contributed by atoms with Crippen LogP contribution in [0.15, 0.2) is 35.5 Å². The van der Waals surface area contributed by atoms with Crippen LogP contribution in [0.2, 0.25) is 0 Å². The van der Waals surface area contributed by atoms with E-state index in [1.54, 1.807) is 12.5 Å². The molecular formula is C27H44O3. The zero-order valence-electron chi connectivity index (χ0n) is 19.5. The Hall–Kier alpha value is -0.900. The van der Waals surface area contributed by atoms with E-state index in [4.69, 9.17) is 0 Å². The average Bonchev–Trinajstić information content (AvgIpc) is 3.06. The molecule has 0 amide bonds. The smallest absolute Gasteiger partial charge is 0.0849 e. The molecule has 6 unspecified atom stereocenters. The monoisotopic (exact) mass is 416 g/mol. The fourth-order valence-electron chi connectivity index (χ4n) is 6.69. The van der Waals surface area contributed by atoms with E-state index in [1.807, 2.05) is 0 Å². The maximum Gasteiger partial charge on any atom is 0.0849 e. The molecule has 3 rings (SSSR count). The van der Waals surface area contributed by atoms with Gasteiger partial charge in [-0.3, -0.25) is 0 Å². The maximum absolute atomic E-state index is 10.1. The van der Waals surface area contributed by atoms with E-state index in [-0.39, 0.29) is 12.7 Å². The molecule has 3 nitrogen and oxygen atoms in total. The molecule has 170 valence electrons. The topological polar surface area (TPSA) is 60.7 Å². The Balaban J connectivity index is 1.66. The van der Waals surface area contributed by atoms with Gasteiger partial charge in [0.1, 0.15) is 0 Å². The number of fused-ring (bicyclic) bond motifs is 1. The largest absolute Gasteiger partial charge is 0.393 e. The molecule has 0 bridgehead atoms. The summed E-state index contributed by atoms with van der Waals surface area (Å²) in [5.41, 5.74) is 3.50.